The zero-order chi connectivity index (χ0) is 32.0. The Labute approximate surface area is 264 Å². The summed E-state index contributed by atoms with van der Waals surface area (Å²) in [4.78, 5) is 17.7. The van der Waals surface area contributed by atoms with E-state index in [0.29, 0.717) is 18.2 Å². The molecule has 5 atom stereocenters. The maximum absolute atomic E-state index is 13.9. The fourth-order valence-electron chi connectivity index (χ4n) is 5.75. The van der Waals surface area contributed by atoms with Crippen LogP contribution in [0.2, 0.25) is 0 Å². The Hall–Kier alpha value is -3.29. The predicted molar refractivity (Wildman–Crippen MR) is 167 cm³/mol. The van der Waals surface area contributed by atoms with E-state index < -0.39 is 34.4 Å². The Bertz CT molecular complexity index is 1500. The van der Waals surface area contributed by atoms with Gasteiger partial charge in [0.2, 0.25) is 10.0 Å². The molecule has 12 heteroatoms. The Morgan fingerprint density at radius 3 is 2.58 bits per heavy atom. The first-order chi connectivity index (χ1) is 21.6. The van der Waals surface area contributed by atoms with Crippen molar-refractivity contribution in [2.75, 3.05) is 26.3 Å². The molecule has 3 aromatic rings. The molecule has 2 aliphatic rings. The van der Waals surface area contributed by atoms with E-state index in [1.165, 1.54) is 4.31 Å². The number of aromatic nitrogens is 1. The molecule has 0 saturated carbocycles. The van der Waals surface area contributed by atoms with Gasteiger partial charge in [-0.3, -0.25) is 0 Å². The van der Waals surface area contributed by atoms with Crippen LogP contribution in [0.1, 0.15) is 45.1 Å². The van der Waals surface area contributed by atoms with Crippen LogP contribution in [-0.2, 0) is 37.1 Å². The van der Waals surface area contributed by atoms with E-state index in [-0.39, 0.29) is 49.1 Å². The Kier molecular flexibility index (Phi) is 10.9. The quantitative estimate of drug-likeness (QED) is 0.262. The van der Waals surface area contributed by atoms with Gasteiger partial charge in [-0.25, -0.2) is 18.2 Å². The molecular formula is C33H43N3O8S. The van der Waals surface area contributed by atoms with Crippen molar-refractivity contribution in [1.82, 2.24) is 14.6 Å². The third-order valence-corrected chi connectivity index (χ3v) is 9.92. The van der Waals surface area contributed by atoms with E-state index in [1.807, 2.05) is 51.1 Å². The molecule has 2 aliphatic heterocycles. The van der Waals surface area contributed by atoms with Crippen LogP contribution in [0.3, 0.4) is 0 Å². The number of benzene rings is 2. The zero-order valence-corrected chi connectivity index (χ0v) is 26.8. The molecule has 1 aromatic heterocycles. The molecule has 2 aromatic carbocycles. The van der Waals surface area contributed by atoms with Crippen LogP contribution >= 0.6 is 0 Å². The highest BCUT2D eigenvalue weighted by atomic mass is 32.2. The van der Waals surface area contributed by atoms with Gasteiger partial charge in [-0.15, -0.1) is 0 Å². The fourth-order valence-corrected chi connectivity index (χ4v) is 7.38. The maximum atomic E-state index is 13.9. The molecule has 3 heterocycles. The van der Waals surface area contributed by atoms with Gasteiger partial charge < -0.3 is 29.1 Å². The average molecular weight is 642 g/mol. The molecule has 2 N–H and O–H groups in total. The Morgan fingerprint density at radius 2 is 1.87 bits per heavy atom. The minimum absolute atomic E-state index is 0.0206. The van der Waals surface area contributed by atoms with Crippen LogP contribution in [0.5, 0.6) is 0 Å². The molecular weight excluding hydrogens is 598 g/mol. The van der Waals surface area contributed by atoms with Crippen molar-refractivity contribution in [3.63, 3.8) is 0 Å². The second-order valence-corrected chi connectivity index (χ2v) is 14.0. The third kappa shape index (κ3) is 8.30. The van der Waals surface area contributed by atoms with Crippen molar-refractivity contribution in [1.29, 1.82) is 0 Å². The normalized spacial score (nSPS) is 21.2. The first-order valence-corrected chi connectivity index (χ1v) is 17.1. The summed E-state index contributed by atoms with van der Waals surface area (Å²) in [6.45, 7) is 6.61. The summed E-state index contributed by atoms with van der Waals surface area (Å²) < 4.78 is 51.5. The molecule has 11 nitrogen and oxygen atoms in total. The van der Waals surface area contributed by atoms with Crippen LogP contribution in [0, 0.1) is 11.8 Å². The summed E-state index contributed by atoms with van der Waals surface area (Å²) in [7, 11) is -4.00. The SMILES string of the molecule is CCCc1nc(-c2ccc(S(=O)(=O)N(CC(C)C)C[C@@H](O)[C@H](Cc3ccccc3)NC(=O)O[C@H]3CO[C@H]4OCC[C@H]43)cc2)co1. The van der Waals surface area contributed by atoms with Crippen LogP contribution in [0.15, 0.2) is 70.2 Å². The van der Waals surface area contributed by atoms with Gasteiger partial charge in [-0.1, -0.05) is 63.2 Å². The lowest BCUT2D eigenvalue weighted by Gasteiger charge is -2.31. The molecule has 0 aliphatic carbocycles. The molecule has 1 amide bonds. The number of nitrogens with zero attached hydrogens (tertiary/aromatic N) is 2. The third-order valence-electron chi connectivity index (χ3n) is 8.07. The van der Waals surface area contributed by atoms with Gasteiger partial charge in [-0.05, 0) is 42.9 Å². The number of rotatable bonds is 14. The smallest absolute Gasteiger partial charge is 0.407 e. The number of carbonyl (C=O) groups excluding carboxylic acids is 1. The van der Waals surface area contributed by atoms with Crippen molar-refractivity contribution in [3.8, 4) is 11.3 Å². The standard InChI is InChI=1S/C33H43N3O8S/c1-4-8-31-34-28(20-42-31)24-11-13-25(14-12-24)45(39,40)36(18-22(2)3)19-29(37)27(17-23-9-6-5-7-10-23)35-33(38)44-30-21-43-32-26(30)15-16-41-32/h5-7,9-14,20,22,26-27,29-30,32,37H,4,8,15-19,21H2,1-3H3,(H,35,38)/t26-,27-,29+,30-,32+/m0/s1. The number of hydrogen-bond acceptors (Lipinski definition) is 9. The second-order valence-electron chi connectivity index (χ2n) is 12.1. The summed E-state index contributed by atoms with van der Waals surface area (Å²) in [6, 6.07) is 15.1. The van der Waals surface area contributed by atoms with Crippen molar-refractivity contribution < 1.29 is 36.9 Å². The first-order valence-electron chi connectivity index (χ1n) is 15.6. The second kappa shape index (κ2) is 14.9. The average Bonchev–Trinajstić information content (AvgIpc) is 3.76. The zero-order valence-electron chi connectivity index (χ0n) is 26.0. The van der Waals surface area contributed by atoms with Gasteiger partial charge in [0.05, 0.1) is 36.2 Å². The molecule has 2 saturated heterocycles. The summed E-state index contributed by atoms with van der Waals surface area (Å²) in [5, 5.41) is 14.3. The van der Waals surface area contributed by atoms with Gasteiger partial charge in [0.25, 0.3) is 0 Å². The lowest BCUT2D eigenvalue weighted by molar-refractivity contribution is -0.0907. The minimum Gasteiger partial charge on any atom is -0.448 e. The fraction of sp³-hybridized carbons (Fsp3) is 0.515. The number of ether oxygens (including phenoxy) is 3. The number of aryl methyl sites for hydroxylation is 1. The number of nitrogens with one attached hydrogen (secondary N) is 1. The number of alkyl carbamates (subject to hydrolysis) is 1. The van der Waals surface area contributed by atoms with E-state index in [4.69, 9.17) is 18.6 Å². The van der Waals surface area contributed by atoms with Crippen molar-refractivity contribution in [2.24, 2.45) is 11.8 Å². The van der Waals surface area contributed by atoms with E-state index in [0.717, 1.165) is 30.4 Å². The van der Waals surface area contributed by atoms with Crippen molar-refractivity contribution in [3.05, 3.63) is 72.3 Å². The molecule has 0 bridgehead atoms. The summed E-state index contributed by atoms with van der Waals surface area (Å²) in [5.74, 6) is 0.582. The number of carbonyl (C=O) groups is 1. The van der Waals surface area contributed by atoms with Gasteiger partial charge in [0.1, 0.15) is 18.1 Å². The summed E-state index contributed by atoms with van der Waals surface area (Å²) in [5.41, 5.74) is 2.25. The highest BCUT2D eigenvalue weighted by molar-refractivity contribution is 7.89. The van der Waals surface area contributed by atoms with Crippen LogP contribution < -0.4 is 5.32 Å². The van der Waals surface area contributed by atoms with E-state index in [9.17, 15) is 18.3 Å². The lowest BCUT2D eigenvalue weighted by Crippen LogP contribution is -2.51. The molecule has 5 rings (SSSR count). The van der Waals surface area contributed by atoms with Gasteiger partial charge in [0.15, 0.2) is 12.2 Å². The number of aliphatic hydroxyl groups excluding tert-OH is 1. The lowest BCUT2D eigenvalue weighted by atomic mass is 10.0. The first kappa shape index (κ1) is 33.1. The number of hydrogen-bond donors (Lipinski definition) is 2. The maximum Gasteiger partial charge on any atom is 0.407 e. The number of oxazole rings is 1. The topological polar surface area (TPSA) is 140 Å². The Morgan fingerprint density at radius 1 is 1.11 bits per heavy atom. The highest BCUT2D eigenvalue weighted by Crippen LogP contribution is 2.33. The predicted octanol–water partition coefficient (Wildman–Crippen LogP) is 4.40. The Balaban J connectivity index is 1.32. The van der Waals surface area contributed by atoms with Gasteiger partial charge >= 0.3 is 6.09 Å². The van der Waals surface area contributed by atoms with Crippen LogP contribution in [0.4, 0.5) is 4.79 Å². The molecule has 45 heavy (non-hydrogen) atoms. The van der Waals surface area contributed by atoms with Crippen molar-refractivity contribution in [2.45, 2.75) is 75.9 Å². The van der Waals surface area contributed by atoms with Gasteiger partial charge in [-0.2, -0.15) is 4.31 Å². The van der Waals surface area contributed by atoms with E-state index in [1.54, 1.807) is 30.5 Å². The number of fused-ring (bicyclic) bond motifs is 1. The highest BCUT2D eigenvalue weighted by Gasteiger charge is 2.44. The molecule has 2 fully saturated rings. The largest absolute Gasteiger partial charge is 0.448 e. The molecule has 244 valence electrons. The number of amides is 1. The van der Waals surface area contributed by atoms with Crippen LogP contribution in [0.25, 0.3) is 11.3 Å². The van der Waals surface area contributed by atoms with E-state index in [2.05, 4.69) is 10.3 Å². The van der Waals surface area contributed by atoms with Crippen LogP contribution in [-0.4, -0.2) is 79.7 Å². The van der Waals surface area contributed by atoms with Crippen molar-refractivity contribution >= 4 is 16.1 Å². The van der Waals surface area contributed by atoms with E-state index >= 15 is 0 Å². The number of aliphatic hydroxyl groups is 1. The minimum atomic E-state index is -4.00. The van der Waals surface area contributed by atoms with Gasteiger partial charge in [0, 0.05) is 25.1 Å². The summed E-state index contributed by atoms with van der Waals surface area (Å²) >= 11 is 0. The monoisotopic (exact) mass is 641 g/mol. The molecule has 0 spiro atoms. The molecule has 0 unspecified atom stereocenters. The number of sulfonamides is 1. The summed E-state index contributed by atoms with van der Waals surface area (Å²) in [6.07, 6.45) is 1.45. The molecule has 0 radical (unpaired) electrons.